The molecule has 1 aromatic heterocycles. The number of aromatic nitrogens is 2. The van der Waals surface area contributed by atoms with Gasteiger partial charge in [0.25, 0.3) is 5.91 Å². The lowest BCUT2D eigenvalue weighted by atomic mass is 9.86. The Kier molecular flexibility index (Phi) is 5.46. The number of nitrogens with one attached hydrogen (secondary N) is 1. The van der Waals surface area contributed by atoms with Crippen molar-refractivity contribution in [1.29, 1.82) is 0 Å². The molecule has 0 atom stereocenters. The standard InChI is InChI=1S/C24H22F3N3O3/c25-24(26,27)20-3-1-2-16(10-20)13-30-14-21(28-15-30)29-22(31)18-4-5-19-12-23(32-8-9-33-23)7-6-17(19)11-18/h1-5,10-11,14-15H,6-9,12-13H2,(H,29,31). The highest BCUT2D eigenvalue weighted by Crippen LogP contribution is 2.35. The van der Waals surface area contributed by atoms with Crippen LogP contribution in [-0.4, -0.2) is 34.5 Å². The molecule has 1 fully saturated rings. The summed E-state index contributed by atoms with van der Waals surface area (Å²) in [6.45, 7) is 1.42. The summed E-state index contributed by atoms with van der Waals surface area (Å²) in [4.78, 5) is 16.9. The van der Waals surface area contributed by atoms with Crippen LogP contribution < -0.4 is 5.32 Å². The number of imidazole rings is 1. The predicted octanol–water partition coefficient (Wildman–Crippen LogP) is 4.43. The van der Waals surface area contributed by atoms with Crippen LogP contribution >= 0.6 is 0 Å². The molecule has 0 unspecified atom stereocenters. The van der Waals surface area contributed by atoms with Crippen molar-refractivity contribution in [3.05, 3.63) is 82.8 Å². The van der Waals surface area contributed by atoms with Gasteiger partial charge in [-0.05, 0) is 47.4 Å². The number of carbonyl (C=O) groups excluding carboxylic acids is 1. The molecule has 1 saturated heterocycles. The number of ether oxygens (including phenoxy) is 2. The first-order valence-corrected chi connectivity index (χ1v) is 10.7. The molecule has 33 heavy (non-hydrogen) atoms. The summed E-state index contributed by atoms with van der Waals surface area (Å²) >= 11 is 0. The third kappa shape index (κ3) is 4.65. The molecule has 0 bridgehead atoms. The lowest BCUT2D eigenvalue weighted by Crippen LogP contribution is -2.37. The average Bonchev–Trinajstić information content (AvgIpc) is 3.42. The van der Waals surface area contributed by atoms with E-state index < -0.39 is 17.5 Å². The van der Waals surface area contributed by atoms with Crippen LogP contribution in [0.4, 0.5) is 19.0 Å². The molecule has 1 N–H and O–H groups in total. The molecule has 172 valence electrons. The Morgan fingerprint density at radius 3 is 2.73 bits per heavy atom. The molecule has 2 aliphatic rings. The smallest absolute Gasteiger partial charge is 0.347 e. The molecule has 0 radical (unpaired) electrons. The van der Waals surface area contributed by atoms with Crippen molar-refractivity contribution in [3.63, 3.8) is 0 Å². The lowest BCUT2D eigenvalue weighted by molar-refractivity contribution is -0.163. The largest absolute Gasteiger partial charge is 0.416 e. The van der Waals surface area contributed by atoms with Gasteiger partial charge in [0.1, 0.15) is 0 Å². The Bertz CT molecular complexity index is 1180. The van der Waals surface area contributed by atoms with Gasteiger partial charge in [-0.3, -0.25) is 4.79 Å². The summed E-state index contributed by atoms with van der Waals surface area (Å²) in [6.07, 6.45) is 0.868. The Labute approximate surface area is 188 Å². The van der Waals surface area contributed by atoms with E-state index in [0.717, 1.165) is 36.1 Å². The van der Waals surface area contributed by atoms with Crippen molar-refractivity contribution in [2.45, 2.75) is 37.8 Å². The number of anilines is 1. The number of hydrogen-bond donors (Lipinski definition) is 1. The third-order valence-electron chi connectivity index (χ3n) is 6.01. The molecule has 2 aromatic carbocycles. The molecule has 9 heteroatoms. The number of nitrogens with zero attached hydrogens (tertiary/aromatic N) is 2. The first-order valence-electron chi connectivity index (χ1n) is 10.7. The second-order valence-electron chi connectivity index (χ2n) is 8.35. The van der Waals surface area contributed by atoms with Crippen LogP contribution in [0.3, 0.4) is 0 Å². The van der Waals surface area contributed by atoms with Crippen LogP contribution in [-0.2, 0) is 35.0 Å². The number of carbonyl (C=O) groups is 1. The van der Waals surface area contributed by atoms with Crippen molar-refractivity contribution >= 4 is 11.7 Å². The Morgan fingerprint density at radius 2 is 1.94 bits per heavy atom. The first-order chi connectivity index (χ1) is 15.8. The highest BCUT2D eigenvalue weighted by Gasteiger charge is 2.39. The van der Waals surface area contributed by atoms with E-state index in [2.05, 4.69) is 10.3 Å². The Hall–Kier alpha value is -3.17. The molecule has 2 heterocycles. The van der Waals surface area contributed by atoms with E-state index in [1.165, 1.54) is 12.4 Å². The molecule has 6 nitrogen and oxygen atoms in total. The molecule has 1 spiro atoms. The van der Waals surface area contributed by atoms with Crippen LogP contribution in [0.2, 0.25) is 0 Å². The number of aryl methyl sites for hydroxylation is 1. The van der Waals surface area contributed by atoms with E-state index in [0.29, 0.717) is 36.6 Å². The molecule has 1 aliphatic carbocycles. The molecular formula is C24H22F3N3O3. The van der Waals surface area contributed by atoms with Gasteiger partial charge in [0.05, 0.1) is 25.1 Å². The number of fused-ring (bicyclic) bond motifs is 1. The quantitative estimate of drug-likeness (QED) is 0.630. The maximum Gasteiger partial charge on any atom is 0.416 e. The molecule has 1 aliphatic heterocycles. The van der Waals surface area contributed by atoms with Gasteiger partial charge in [-0.2, -0.15) is 13.2 Å². The number of hydrogen-bond acceptors (Lipinski definition) is 4. The van der Waals surface area contributed by atoms with Gasteiger partial charge in [0, 0.05) is 31.1 Å². The van der Waals surface area contributed by atoms with Gasteiger partial charge >= 0.3 is 6.18 Å². The molecule has 5 rings (SSSR count). The average molecular weight is 457 g/mol. The highest BCUT2D eigenvalue weighted by atomic mass is 19.4. The summed E-state index contributed by atoms with van der Waals surface area (Å²) < 4.78 is 52.0. The first kappa shape index (κ1) is 21.7. The zero-order valence-corrected chi connectivity index (χ0v) is 17.7. The molecular weight excluding hydrogens is 435 g/mol. The summed E-state index contributed by atoms with van der Waals surface area (Å²) in [5, 5.41) is 2.76. The molecule has 3 aromatic rings. The van der Waals surface area contributed by atoms with E-state index in [1.807, 2.05) is 12.1 Å². The maximum absolute atomic E-state index is 12.9. The minimum Gasteiger partial charge on any atom is -0.347 e. The minimum atomic E-state index is -4.39. The van der Waals surface area contributed by atoms with Gasteiger partial charge in [-0.15, -0.1) is 0 Å². The molecule has 0 saturated carbocycles. The summed E-state index contributed by atoms with van der Waals surface area (Å²) in [5.41, 5.74) is 2.53. The summed E-state index contributed by atoms with van der Waals surface area (Å²) in [5.74, 6) is -0.490. The summed E-state index contributed by atoms with van der Waals surface area (Å²) in [6, 6.07) is 10.7. The van der Waals surface area contributed by atoms with Crippen molar-refractivity contribution in [1.82, 2.24) is 9.55 Å². The van der Waals surface area contributed by atoms with Crippen molar-refractivity contribution in [2.75, 3.05) is 18.5 Å². The van der Waals surface area contributed by atoms with Crippen LogP contribution in [0, 0.1) is 0 Å². The number of benzene rings is 2. The number of alkyl halides is 3. The van der Waals surface area contributed by atoms with Crippen LogP contribution in [0.1, 0.15) is 39.0 Å². The number of rotatable bonds is 4. The van der Waals surface area contributed by atoms with Crippen molar-refractivity contribution < 1.29 is 27.4 Å². The van der Waals surface area contributed by atoms with E-state index in [-0.39, 0.29) is 12.5 Å². The Morgan fingerprint density at radius 1 is 1.12 bits per heavy atom. The van der Waals surface area contributed by atoms with Crippen LogP contribution in [0.25, 0.3) is 0 Å². The topological polar surface area (TPSA) is 65.4 Å². The van der Waals surface area contributed by atoms with E-state index >= 15 is 0 Å². The zero-order valence-electron chi connectivity index (χ0n) is 17.7. The number of amides is 1. The van der Waals surface area contributed by atoms with Gasteiger partial charge in [0.15, 0.2) is 11.6 Å². The van der Waals surface area contributed by atoms with Crippen molar-refractivity contribution in [3.8, 4) is 0 Å². The second-order valence-corrected chi connectivity index (χ2v) is 8.35. The fraction of sp³-hybridized carbons (Fsp3) is 0.333. The van der Waals surface area contributed by atoms with E-state index in [1.54, 1.807) is 22.9 Å². The fourth-order valence-electron chi connectivity index (χ4n) is 4.38. The maximum atomic E-state index is 12.9. The SMILES string of the molecule is O=C(Nc1cn(Cc2cccc(C(F)(F)F)c2)cn1)c1ccc2c(c1)CCC1(C2)OCCO1. The van der Waals surface area contributed by atoms with Gasteiger partial charge < -0.3 is 19.4 Å². The summed E-state index contributed by atoms with van der Waals surface area (Å²) in [7, 11) is 0. The van der Waals surface area contributed by atoms with Crippen LogP contribution in [0.5, 0.6) is 0 Å². The fourth-order valence-corrected chi connectivity index (χ4v) is 4.38. The zero-order chi connectivity index (χ0) is 23.1. The van der Waals surface area contributed by atoms with Crippen LogP contribution in [0.15, 0.2) is 55.0 Å². The van der Waals surface area contributed by atoms with Crippen molar-refractivity contribution in [2.24, 2.45) is 0 Å². The lowest BCUT2D eigenvalue weighted by Gasteiger charge is -2.32. The Balaban J connectivity index is 1.24. The molecule has 1 amide bonds. The predicted molar refractivity (Wildman–Crippen MR) is 114 cm³/mol. The monoisotopic (exact) mass is 457 g/mol. The number of halogens is 3. The van der Waals surface area contributed by atoms with Gasteiger partial charge in [-0.25, -0.2) is 4.98 Å². The highest BCUT2D eigenvalue weighted by molar-refractivity contribution is 6.03. The van der Waals surface area contributed by atoms with Gasteiger partial charge in [0.2, 0.25) is 0 Å². The minimum absolute atomic E-state index is 0.206. The van der Waals surface area contributed by atoms with E-state index in [9.17, 15) is 18.0 Å². The second kappa shape index (κ2) is 8.31. The van der Waals surface area contributed by atoms with E-state index in [4.69, 9.17) is 9.47 Å². The normalized spacial score (nSPS) is 17.2. The third-order valence-corrected chi connectivity index (χ3v) is 6.01. The van der Waals surface area contributed by atoms with Gasteiger partial charge in [-0.1, -0.05) is 18.2 Å².